The van der Waals surface area contributed by atoms with Gasteiger partial charge in [-0.3, -0.25) is 5.10 Å². The molecule has 0 aliphatic heterocycles. The summed E-state index contributed by atoms with van der Waals surface area (Å²) in [6.45, 7) is 5.03. The van der Waals surface area contributed by atoms with Crippen molar-refractivity contribution in [1.29, 1.82) is 0 Å². The zero-order valence-electron chi connectivity index (χ0n) is 12.1. The number of nitrogens with one attached hydrogen (secondary N) is 2. The number of aromatic nitrogens is 3. The summed E-state index contributed by atoms with van der Waals surface area (Å²) >= 11 is 0. The van der Waals surface area contributed by atoms with Crippen LogP contribution in [0.2, 0.25) is 0 Å². The van der Waals surface area contributed by atoms with Gasteiger partial charge in [0.05, 0.1) is 17.5 Å². The molecule has 8 heteroatoms. The van der Waals surface area contributed by atoms with Crippen LogP contribution in [-0.4, -0.2) is 28.7 Å². The van der Waals surface area contributed by atoms with E-state index in [1.165, 1.54) is 12.4 Å². The van der Waals surface area contributed by atoms with E-state index >= 15 is 0 Å². The van der Waals surface area contributed by atoms with Gasteiger partial charge in [0.25, 0.3) is 0 Å². The minimum Gasteiger partial charge on any atom is -0.392 e. The van der Waals surface area contributed by atoms with Gasteiger partial charge in [0.1, 0.15) is 12.2 Å². The highest BCUT2D eigenvalue weighted by molar-refractivity contribution is 7.89. The number of aryl methyl sites for hydroxylation is 2. The van der Waals surface area contributed by atoms with Crippen LogP contribution >= 0.6 is 0 Å². The Kier molecular flexibility index (Phi) is 4.40. The predicted molar refractivity (Wildman–Crippen MR) is 77.0 cm³/mol. The third-order valence-corrected chi connectivity index (χ3v) is 4.95. The molecule has 21 heavy (non-hydrogen) atoms. The molecular formula is C13H18N4O3S. The molecule has 0 amide bonds. The van der Waals surface area contributed by atoms with E-state index in [2.05, 4.69) is 19.9 Å². The van der Waals surface area contributed by atoms with Crippen LogP contribution < -0.4 is 4.72 Å². The van der Waals surface area contributed by atoms with Crippen LogP contribution in [0.15, 0.2) is 23.4 Å². The molecule has 3 N–H and O–H groups in total. The first-order chi connectivity index (χ1) is 9.85. The van der Waals surface area contributed by atoms with Crippen molar-refractivity contribution >= 4 is 10.0 Å². The standard InChI is InChI=1S/C13H18N4O3S/c1-8-4-9(2)12(5-11(8)6-18)21(19,20)17-10(3)13-14-7-15-16-13/h4-5,7,10,17-18H,6H2,1-3H3,(H,14,15,16). The van der Waals surface area contributed by atoms with Gasteiger partial charge in [-0.2, -0.15) is 5.10 Å². The molecule has 0 bridgehead atoms. The Morgan fingerprint density at radius 2 is 2.05 bits per heavy atom. The SMILES string of the molecule is Cc1cc(C)c(S(=O)(=O)NC(C)c2ncn[nH]2)cc1CO. The number of aliphatic hydroxyl groups excluding tert-OH is 1. The lowest BCUT2D eigenvalue weighted by atomic mass is 10.1. The van der Waals surface area contributed by atoms with Crippen molar-refractivity contribution in [3.8, 4) is 0 Å². The summed E-state index contributed by atoms with van der Waals surface area (Å²) in [5.74, 6) is 0.436. The summed E-state index contributed by atoms with van der Waals surface area (Å²) in [4.78, 5) is 4.09. The van der Waals surface area contributed by atoms with Crippen molar-refractivity contribution in [3.05, 3.63) is 41.0 Å². The van der Waals surface area contributed by atoms with Gasteiger partial charge >= 0.3 is 0 Å². The summed E-state index contributed by atoms with van der Waals surface area (Å²) in [5, 5.41) is 15.6. The topological polar surface area (TPSA) is 108 Å². The molecular weight excluding hydrogens is 292 g/mol. The lowest BCUT2D eigenvalue weighted by Gasteiger charge is -2.15. The Labute approximate surface area is 123 Å². The summed E-state index contributed by atoms with van der Waals surface area (Å²) in [6.07, 6.45) is 1.32. The molecule has 2 rings (SSSR count). The number of H-pyrrole nitrogens is 1. The van der Waals surface area contributed by atoms with E-state index in [4.69, 9.17) is 0 Å². The molecule has 1 atom stereocenters. The predicted octanol–water partition coefficient (Wildman–Crippen LogP) is 0.953. The van der Waals surface area contributed by atoms with Gasteiger partial charge in [0.15, 0.2) is 0 Å². The monoisotopic (exact) mass is 310 g/mol. The van der Waals surface area contributed by atoms with Crippen molar-refractivity contribution in [2.75, 3.05) is 0 Å². The minimum absolute atomic E-state index is 0.156. The minimum atomic E-state index is -3.71. The first kappa shape index (κ1) is 15.6. The quantitative estimate of drug-likeness (QED) is 0.762. The zero-order chi connectivity index (χ0) is 15.6. The summed E-state index contributed by atoms with van der Waals surface area (Å²) in [7, 11) is -3.71. The number of nitrogens with zero attached hydrogens (tertiary/aromatic N) is 2. The number of hydrogen-bond donors (Lipinski definition) is 3. The Hall–Kier alpha value is -1.77. The number of sulfonamides is 1. The molecule has 114 valence electrons. The highest BCUT2D eigenvalue weighted by Crippen LogP contribution is 2.22. The Morgan fingerprint density at radius 3 is 2.62 bits per heavy atom. The number of hydrogen-bond acceptors (Lipinski definition) is 5. The van der Waals surface area contributed by atoms with Crippen LogP contribution in [0.25, 0.3) is 0 Å². The van der Waals surface area contributed by atoms with E-state index in [1.54, 1.807) is 19.9 Å². The van der Waals surface area contributed by atoms with Crippen molar-refractivity contribution in [2.24, 2.45) is 0 Å². The molecule has 0 aliphatic rings. The lowest BCUT2D eigenvalue weighted by Crippen LogP contribution is -2.28. The first-order valence-electron chi connectivity index (χ1n) is 6.43. The third-order valence-electron chi connectivity index (χ3n) is 3.27. The van der Waals surface area contributed by atoms with Crippen LogP contribution in [0.1, 0.15) is 35.5 Å². The molecule has 1 heterocycles. The molecule has 0 saturated carbocycles. The highest BCUT2D eigenvalue weighted by Gasteiger charge is 2.22. The molecule has 0 spiro atoms. The van der Waals surface area contributed by atoms with Gasteiger partial charge in [-0.1, -0.05) is 6.07 Å². The Bertz CT molecular complexity index is 726. The maximum Gasteiger partial charge on any atom is 0.241 e. The second-order valence-corrected chi connectivity index (χ2v) is 6.60. The van der Waals surface area contributed by atoms with Crippen LogP contribution in [0, 0.1) is 13.8 Å². The normalized spacial score (nSPS) is 13.3. The highest BCUT2D eigenvalue weighted by atomic mass is 32.2. The van der Waals surface area contributed by atoms with E-state index in [-0.39, 0.29) is 11.5 Å². The van der Waals surface area contributed by atoms with E-state index in [0.717, 1.165) is 5.56 Å². The van der Waals surface area contributed by atoms with E-state index in [0.29, 0.717) is 17.0 Å². The first-order valence-corrected chi connectivity index (χ1v) is 7.92. The maximum absolute atomic E-state index is 12.5. The molecule has 0 saturated heterocycles. The van der Waals surface area contributed by atoms with E-state index in [1.807, 2.05) is 6.92 Å². The second-order valence-electron chi connectivity index (χ2n) is 4.92. The van der Waals surface area contributed by atoms with E-state index in [9.17, 15) is 13.5 Å². The van der Waals surface area contributed by atoms with Crippen molar-refractivity contribution < 1.29 is 13.5 Å². The molecule has 7 nitrogen and oxygen atoms in total. The number of aromatic amines is 1. The molecule has 0 fully saturated rings. The van der Waals surface area contributed by atoms with Gasteiger partial charge in [0, 0.05) is 0 Å². The van der Waals surface area contributed by atoms with Gasteiger partial charge in [-0.05, 0) is 43.5 Å². The number of aliphatic hydroxyl groups is 1. The third kappa shape index (κ3) is 3.29. The van der Waals surface area contributed by atoms with Crippen LogP contribution in [-0.2, 0) is 16.6 Å². The largest absolute Gasteiger partial charge is 0.392 e. The average Bonchev–Trinajstić information content (AvgIpc) is 2.91. The molecule has 1 unspecified atom stereocenters. The van der Waals surface area contributed by atoms with Gasteiger partial charge in [0.2, 0.25) is 10.0 Å². The fraction of sp³-hybridized carbons (Fsp3) is 0.385. The lowest BCUT2D eigenvalue weighted by molar-refractivity contribution is 0.280. The zero-order valence-corrected chi connectivity index (χ0v) is 12.9. The molecule has 0 radical (unpaired) electrons. The van der Waals surface area contributed by atoms with Crippen LogP contribution in [0.3, 0.4) is 0 Å². The fourth-order valence-electron chi connectivity index (χ4n) is 2.11. The van der Waals surface area contributed by atoms with Crippen LogP contribution in [0.4, 0.5) is 0 Å². The van der Waals surface area contributed by atoms with Gasteiger partial charge in [-0.25, -0.2) is 18.1 Å². The number of benzene rings is 1. The number of rotatable bonds is 5. The molecule has 1 aromatic heterocycles. The van der Waals surface area contributed by atoms with E-state index < -0.39 is 16.1 Å². The Morgan fingerprint density at radius 1 is 1.33 bits per heavy atom. The molecule has 1 aromatic carbocycles. The van der Waals surface area contributed by atoms with Gasteiger partial charge in [-0.15, -0.1) is 0 Å². The molecule has 0 aliphatic carbocycles. The van der Waals surface area contributed by atoms with Gasteiger partial charge < -0.3 is 5.11 Å². The van der Waals surface area contributed by atoms with Crippen molar-refractivity contribution in [2.45, 2.75) is 38.3 Å². The average molecular weight is 310 g/mol. The second kappa shape index (κ2) is 5.92. The molecule has 2 aromatic rings. The summed E-state index contributed by atoms with van der Waals surface area (Å²) in [5.41, 5.74) is 2.08. The van der Waals surface area contributed by atoms with Crippen LogP contribution in [0.5, 0.6) is 0 Å². The summed E-state index contributed by atoms with van der Waals surface area (Å²) < 4.78 is 27.5. The fourth-order valence-corrected chi connectivity index (χ4v) is 3.59. The Balaban J connectivity index is 2.36. The summed E-state index contributed by atoms with van der Waals surface area (Å²) in [6, 6.07) is 2.72. The van der Waals surface area contributed by atoms with Crippen molar-refractivity contribution in [3.63, 3.8) is 0 Å². The maximum atomic E-state index is 12.5. The smallest absolute Gasteiger partial charge is 0.241 e. The van der Waals surface area contributed by atoms with Crippen molar-refractivity contribution in [1.82, 2.24) is 19.9 Å².